The van der Waals surface area contributed by atoms with Crippen molar-refractivity contribution in [2.45, 2.75) is 0 Å². The molecule has 0 bridgehead atoms. The lowest BCUT2D eigenvalue weighted by molar-refractivity contribution is 0.586. The molecule has 7 heavy (non-hydrogen) atoms. The van der Waals surface area contributed by atoms with Crippen molar-refractivity contribution in [2.75, 3.05) is 18.1 Å². The molecular weight excluding hydrogens is 110 g/mol. The molecule has 1 saturated heterocycles. The average molecular weight is 118 g/mol. The molecule has 0 aromatic rings. The summed E-state index contributed by atoms with van der Waals surface area (Å²) in [4.78, 5) is 0. The molecular formula is C4H8NOS. The maximum absolute atomic E-state index is 10.5. The van der Waals surface area contributed by atoms with Crippen LogP contribution >= 0.6 is 0 Å². The summed E-state index contributed by atoms with van der Waals surface area (Å²) >= 11 is -0.558. The van der Waals surface area contributed by atoms with Gasteiger partial charge in [-0.15, -0.1) is 0 Å². The summed E-state index contributed by atoms with van der Waals surface area (Å²) in [6.07, 6.45) is 0. The van der Waals surface area contributed by atoms with Crippen molar-refractivity contribution in [3.05, 3.63) is 6.54 Å². The smallest absolute Gasteiger partial charge is 0.122 e. The van der Waals surface area contributed by atoms with E-state index in [9.17, 15) is 4.55 Å². The molecule has 0 aliphatic carbocycles. The largest absolute Gasteiger partial charge is 0.616 e. The van der Waals surface area contributed by atoms with E-state index in [4.69, 9.17) is 0 Å². The number of nitrogens with one attached hydrogen (secondary N) is 1. The Bertz CT molecular complexity index is 53.7. The Balaban J connectivity index is 2.12. The molecule has 0 spiro atoms. The predicted molar refractivity (Wildman–Crippen MR) is 30.2 cm³/mol. The van der Waals surface area contributed by atoms with Crippen LogP contribution in [0.3, 0.4) is 0 Å². The van der Waals surface area contributed by atoms with Crippen LogP contribution in [0.2, 0.25) is 0 Å². The number of rotatable bonds is 0. The maximum atomic E-state index is 10.5. The highest BCUT2D eigenvalue weighted by Crippen LogP contribution is 1.94. The van der Waals surface area contributed by atoms with Gasteiger partial charge in [0.1, 0.15) is 11.5 Å². The zero-order valence-corrected chi connectivity index (χ0v) is 4.83. The lowest BCUT2D eigenvalue weighted by atomic mass is 10.6. The molecule has 1 atom stereocenters. The van der Waals surface area contributed by atoms with Crippen LogP contribution in [0.5, 0.6) is 0 Å². The molecule has 0 aromatic heterocycles. The Morgan fingerprint density at radius 1 is 1.71 bits per heavy atom. The molecule has 1 fully saturated rings. The topological polar surface area (TPSA) is 35.1 Å². The van der Waals surface area contributed by atoms with Crippen LogP contribution in [0.15, 0.2) is 0 Å². The molecule has 3 heteroatoms. The highest BCUT2D eigenvalue weighted by Gasteiger charge is 2.09. The van der Waals surface area contributed by atoms with Gasteiger partial charge in [0.2, 0.25) is 0 Å². The van der Waals surface area contributed by atoms with Gasteiger partial charge in [0.15, 0.2) is 0 Å². The van der Waals surface area contributed by atoms with Crippen molar-refractivity contribution >= 4 is 11.2 Å². The molecule has 1 heterocycles. The summed E-state index contributed by atoms with van der Waals surface area (Å²) in [5.41, 5.74) is 0. The van der Waals surface area contributed by atoms with Crippen LogP contribution in [-0.4, -0.2) is 22.6 Å². The molecule has 1 radical (unpaired) electrons. The lowest BCUT2D eigenvalue weighted by Gasteiger charge is -2.15. The van der Waals surface area contributed by atoms with Gasteiger partial charge in [-0.3, -0.25) is 0 Å². The second-order valence-electron chi connectivity index (χ2n) is 1.47. The van der Waals surface area contributed by atoms with Crippen LogP contribution in [0.1, 0.15) is 0 Å². The van der Waals surface area contributed by atoms with Gasteiger partial charge in [-0.2, -0.15) is 0 Å². The van der Waals surface area contributed by atoms with Gasteiger partial charge >= 0.3 is 0 Å². The molecule has 1 unspecified atom stereocenters. The zero-order chi connectivity index (χ0) is 5.11. The third-order valence-corrected chi connectivity index (χ3v) is 2.09. The van der Waals surface area contributed by atoms with Gasteiger partial charge < -0.3 is 9.87 Å². The number of hydrogen-bond acceptors (Lipinski definition) is 2. The second-order valence-corrected chi connectivity index (χ2v) is 3.09. The van der Waals surface area contributed by atoms with Gasteiger partial charge in [-0.25, -0.2) is 0 Å². The van der Waals surface area contributed by atoms with Gasteiger partial charge in [-0.1, -0.05) is 11.2 Å². The first-order chi connectivity index (χ1) is 3.39. The SMILES string of the molecule is [O-][S+]1C[CH]NCC1. The second kappa shape index (κ2) is 2.55. The minimum absolute atomic E-state index is 0.558. The predicted octanol–water partition coefficient (Wildman–Crippen LogP) is -0.500. The standard InChI is InChI=1S/C4H8NOS/c6-7-3-1-5-2-4-7/h1,5H,2-4H2. The Kier molecular flexibility index (Phi) is 1.97. The van der Waals surface area contributed by atoms with E-state index in [-0.39, 0.29) is 0 Å². The van der Waals surface area contributed by atoms with E-state index in [2.05, 4.69) is 5.32 Å². The fraction of sp³-hybridized carbons (Fsp3) is 0.750. The zero-order valence-electron chi connectivity index (χ0n) is 4.02. The highest BCUT2D eigenvalue weighted by atomic mass is 32.2. The third-order valence-electron chi connectivity index (χ3n) is 0.888. The monoisotopic (exact) mass is 118 g/mol. The highest BCUT2D eigenvalue weighted by molar-refractivity contribution is 7.91. The molecule has 0 aromatic carbocycles. The Morgan fingerprint density at radius 2 is 2.57 bits per heavy atom. The molecule has 1 N–H and O–H groups in total. The van der Waals surface area contributed by atoms with Crippen molar-refractivity contribution in [3.8, 4) is 0 Å². The van der Waals surface area contributed by atoms with E-state index >= 15 is 0 Å². The Hall–Kier alpha value is 0.270. The first-order valence-electron chi connectivity index (χ1n) is 2.29. The fourth-order valence-electron chi connectivity index (χ4n) is 0.510. The van der Waals surface area contributed by atoms with E-state index < -0.39 is 11.2 Å². The summed E-state index contributed by atoms with van der Waals surface area (Å²) in [5, 5.41) is 3.00. The van der Waals surface area contributed by atoms with E-state index in [0.717, 1.165) is 18.1 Å². The lowest BCUT2D eigenvalue weighted by Crippen LogP contribution is -2.31. The van der Waals surface area contributed by atoms with Crippen molar-refractivity contribution in [1.29, 1.82) is 0 Å². The molecule has 0 amide bonds. The first kappa shape index (κ1) is 5.41. The van der Waals surface area contributed by atoms with Crippen molar-refractivity contribution in [3.63, 3.8) is 0 Å². The van der Waals surface area contributed by atoms with Crippen molar-refractivity contribution < 1.29 is 4.55 Å². The van der Waals surface area contributed by atoms with Gasteiger partial charge in [0.05, 0.1) is 6.54 Å². The first-order valence-corrected chi connectivity index (χ1v) is 3.78. The Morgan fingerprint density at radius 3 is 2.86 bits per heavy atom. The summed E-state index contributed by atoms with van der Waals surface area (Å²) < 4.78 is 10.5. The van der Waals surface area contributed by atoms with E-state index in [0.29, 0.717) is 0 Å². The molecule has 2 nitrogen and oxygen atoms in total. The van der Waals surface area contributed by atoms with Crippen LogP contribution < -0.4 is 5.32 Å². The van der Waals surface area contributed by atoms with Crippen molar-refractivity contribution in [1.82, 2.24) is 5.32 Å². The minimum atomic E-state index is -0.558. The summed E-state index contributed by atoms with van der Waals surface area (Å²) in [6.45, 7) is 2.74. The summed E-state index contributed by atoms with van der Waals surface area (Å²) in [5.74, 6) is 1.54. The van der Waals surface area contributed by atoms with Crippen LogP contribution in [0.4, 0.5) is 0 Å². The average Bonchev–Trinajstić information content (AvgIpc) is 1.69. The van der Waals surface area contributed by atoms with Crippen molar-refractivity contribution in [2.24, 2.45) is 0 Å². The summed E-state index contributed by atoms with van der Waals surface area (Å²) in [6, 6.07) is 0. The van der Waals surface area contributed by atoms with E-state index in [1.165, 1.54) is 0 Å². The normalized spacial score (nSPS) is 25.3. The molecule has 41 valence electrons. The fourth-order valence-corrected chi connectivity index (χ4v) is 1.33. The van der Waals surface area contributed by atoms with Gasteiger partial charge in [0, 0.05) is 6.54 Å². The molecule has 1 aliphatic heterocycles. The molecule has 1 aliphatic rings. The maximum Gasteiger partial charge on any atom is 0.122 e. The van der Waals surface area contributed by atoms with E-state index in [1.54, 1.807) is 0 Å². The van der Waals surface area contributed by atoms with Crippen LogP contribution in [-0.2, 0) is 11.2 Å². The van der Waals surface area contributed by atoms with Crippen LogP contribution in [0.25, 0.3) is 0 Å². The molecule has 1 rings (SSSR count). The Labute approximate surface area is 46.5 Å². The quantitative estimate of drug-likeness (QED) is 0.435. The minimum Gasteiger partial charge on any atom is -0.616 e. The molecule has 0 saturated carbocycles. The third kappa shape index (κ3) is 1.67. The summed E-state index contributed by atoms with van der Waals surface area (Å²) in [7, 11) is 0. The van der Waals surface area contributed by atoms with E-state index in [1.807, 2.05) is 6.54 Å². The van der Waals surface area contributed by atoms with Gasteiger partial charge in [-0.05, 0) is 0 Å². The van der Waals surface area contributed by atoms with Gasteiger partial charge in [0.25, 0.3) is 0 Å². The number of hydrogen-bond donors (Lipinski definition) is 1. The van der Waals surface area contributed by atoms with Crippen LogP contribution in [0, 0.1) is 6.54 Å².